The molecule has 0 bridgehead atoms. The van der Waals surface area contributed by atoms with Gasteiger partial charge in [-0.25, -0.2) is 14.4 Å². The summed E-state index contributed by atoms with van der Waals surface area (Å²) in [7, 11) is 0. The zero-order chi connectivity index (χ0) is 27.7. The molecule has 2 aromatic heterocycles. The number of carbonyl (C=O) groups excluding carboxylic acids is 1. The molecule has 4 rings (SSSR count). The summed E-state index contributed by atoms with van der Waals surface area (Å²) in [5.41, 5.74) is 1.87. The highest BCUT2D eigenvalue weighted by Crippen LogP contribution is 2.37. The fraction of sp³-hybridized carbons (Fsp3) is 0.174. The molecular weight excluding hydrogens is 525 g/mol. The summed E-state index contributed by atoms with van der Waals surface area (Å²) in [6.07, 6.45) is -8.64. The van der Waals surface area contributed by atoms with E-state index in [0.29, 0.717) is 12.1 Å². The van der Waals surface area contributed by atoms with Crippen molar-refractivity contribution in [2.24, 2.45) is 0 Å². The summed E-state index contributed by atoms with van der Waals surface area (Å²) in [6.45, 7) is -0.456. The number of hydrogen-bond acceptors (Lipinski definition) is 7. The Bertz CT molecular complexity index is 1430. The number of anilines is 2. The number of aromatic nitrogens is 4. The Hall–Kier alpha value is -4.56. The Morgan fingerprint density at radius 1 is 0.921 bits per heavy atom. The number of alkyl halides is 6. The molecule has 0 saturated carbocycles. The minimum atomic E-state index is -5.17. The highest BCUT2D eigenvalue weighted by Gasteiger charge is 2.38. The fourth-order valence-electron chi connectivity index (χ4n) is 3.38. The van der Waals surface area contributed by atoms with Crippen LogP contribution in [0.1, 0.15) is 22.6 Å². The van der Waals surface area contributed by atoms with E-state index in [0.717, 1.165) is 17.0 Å². The van der Waals surface area contributed by atoms with Crippen molar-refractivity contribution in [3.63, 3.8) is 0 Å². The average Bonchev–Trinajstić information content (AvgIpc) is 3.31. The van der Waals surface area contributed by atoms with Gasteiger partial charge in [0.25, 0.3) is 5.89 Å². The van der Waals surface area contributed by atoms with Crippen LogP contribution in [-0.2, 0) is 30.1 Å². The second-order valence-electron chi connectivity index (χ2n) is 7.83. The van der Waals surface area contributed by atoms with E-state index in [-0.39, 0.29) is 35.0 Å². The van der Waals surface area contributed by atoms with Gasteiger partial charge in [0.2, 0.25) is 11.8 Å². The number of rotatable bonds is 6. The molecule has 0 atom stereocenters. The molecule has 0 aliphatic carbocycles. The summed E-state index contributed by atoms with van der Waals surface area (Å²) >= 11 is 0. The quantitative estimate of drug-likeness (QED) is 0.341. The van der Waals surface area contributed by atoms with Gasteiger partial charge in [-0.15, -0.1) is 10.2 Å². The molecule has 15 heteroatoms. The van der Waals surface area contributed by atoms with Crippen LogP contribution in [0.25, 0.3) is 11.6 Å². The zero-order valence-electron chi connectivity index (χ0n) is 18.9. The summed E-state index contributed by atoms with van der Waals surface area (Å²) in [5, 5.41) is 7.58. The van der Waals surface area contributed by atoms with Crippen LogP contribution in [0.15, 0.2) is 59.3 Å². The molecule has 0 aliphatic heterocycles. The third-order valence-corrected chi connectivity index (χ3v) is 5.17. The molecule has 2 heterocycles. The van der Waals surface area contributed by atoms with Gasteiger partial charge in [-0.05, 0) is 42.0 Å². The number of amides is 1. The number of hydrogen-bond donors (Lipinski definition) is 1. The summed E-state index contributed by atoms with van der Waals surface area (Å²) < 4.78 is 98.7. The summed E-state index contributed by atoms with van der Waals surface area (Å²) in [4.78, 5) is 21.9. The van der Waals surface area contributed by atoms with Crippen molar-refractivity contribution in [1.82, 2.24) is 20.2 Å². The van der Waals surface area contributed by atoms with Crippen LogP contribution in [0.4, 0.5) is 42.2 Å². The van der Waals surface area contributed by atoms with E-state index in [1.54, 1.807) is 0 Å². The molecule has 0 saturated heterocycles. The third-order valence-electron chi connectivity index (χ3n) is 5.17. The smallest absolute Gasteiger partial charge is 0.416 e. The highest BCUT2D eigenvalue weighted by atomic mass is 19.4. The number of benzene rings is 2. The van der Waals surface area contributed by atoms with Crippen molar-refractivity contribution in [3.8, 4) is 11.6 Å². The molecule has 0 fully saturated rings. The van der Waals surface area contributed by atoms with Crippen molar-refractivity contribution in [2.45, 2.75) is 25.3 Å². The van der Waals surface area contributed by atoms with Crippen molar-refractivity contribution < 1.29 is 39.9 Å². The normalized spacial score (nSPS) is 12.0. The van der Waals surface area contributed by atoms with Crippen LogP contribution < -0.4 is 10.6 Å². The third kappa shape index (κ3) is 6.04. The maximum absolute atomic E-state index is 13.6. The minimum absolute atomic E-state index is 0.0528. The number of carbonyl (C=O) groups is 1. The van der Waals surface area contributed by atoms with Crippen molar-refractivity contribution >= 4 is 17.4 Å². The lowest BCUT2D eigenvalue weighted by Gasteiger charge is -2.23. The lowest BCUT2D eigenvalue weighted by Crippen LogP contribution is -2.32. The maximum atomic E-state index is 13.6. The Balaban J connectivity index is 1.66. The number of nitrogens with zero attached hydrogens (tertiary/aromatic N) is 5. The zero-order valence-corrected chi connectivity index (χ0v) is 18.9. The molecule has 38 heavy (non-hydrogen) atoms. The molecule has 2 N–H and O–H groups in total. The lowest BCUT2D eigenvalue weighted by atomic mass is 10.00. The maximum Gasteiger partial charge on any atom is 0.416 e. The van der Waals surface area contributed by atoms with Crippen LogP contribution in [0, 0.1) is 5.82 Å². The van der Waals surface area contributed by atoms with Crippen LogP contribution in [0.2, 0.25) is 0 Å². The van der Waals surface area contributed by atoms with E-state index in [1.165, 1.54) is 24.5 Å². The van der Waals surface area contributed by atoms with E-state index in [9.17, 15) is 35.5 Å². The first-order valence-corrected chi connectivity index (χ1v) is 10.5. The van der Waals surface area contributed by atoms with Crippen LogP contribution in [-0.4, -0.2) is 26.1 Å². The van der Waals surface area contributed by atoms with Crippen LogP contribution >= 0.6 is 0 Å². The van der Waals surface area contributed by atoms with Gasteiger partial charge in [0, 0.05) is 5.69 Å². The predicted octanol–water partition coefficient (Wildman–Crippen LogP) is 5.06. The van der Waals surface area contributed by atoms with Gasteiger partial charge in [-0.1, -0.05) is 6.07 Å². The Morgan fingerprint density at radius 3 is 2.24 bits per heavy atom. The number of nitrogens with two attached hydrogens (primary N) is 1. The SMILES string of the molecule is Nc1cnc(-c2nnc(CN(C(=O)Cc3ccc(C(F)(F)F)cc3C(F)(F)F)c3ccc(F)cc3)o2)cn1. The Morgan fingerprint density at radius 2 is 1.63 bits per heavy atom. The monoisotopic (exact) mass is 540 g/mol. The largest absolute Gasteiger partial charge is 0.417 e. The molecule has 0 aliphatic rings. The molecule has 198 valence electrons. The first-order valence-electron chi connectivity index (χ1n) is 10.5. The number of halogens is 7. The van der Waals surface area contributed by atoms with E-state index in [1.807, 2.05) is 0 Å². The number of nitrogen functional groups attached to an aromatic ring is 1. The van der Waals surface area contributed by atoms with E-state index in [2.05, 4.69) is 20.2 Å². The van der Waals surface area contributed by atoms with E-state index >= 15 is 0 Å². The first-order chi connectivity index (χ1) is 17.8. The topological polar surface area (TPSA) is 111 Å². The second-order valence-corrected chi connectivity index (χ2v) is 7.83. The predicted molar refractivity (Wildman–Crippen MR) is 117 cm³/mol. The summed E-state index contributed by atoms with van der Waals surface area (Å²) in [6, 6.07) is 5.40. The molecule has 0 spiro atoms. The van der Waals surface area contributed by atoms with Gasteiger partial charge < -0.3 is 15.1 Å². The van der Waals surface area contributed by atoms with Gasteiger partial charge in [0.15, 0.2) is 0 Å². The Labute approximate surface area is 208 Å². The van der Waals surface area contributed by atoms with Crippen molar-refractivity contribution in [2.75, 3.05) is 10.6 Å². The average molecular weight is 540 g/mol. The van der Waals surface area contributed by atoms with Crippen LogP contribution in [0.5, 0.6) is 0 Å². The lowest BCUT2D eigenvalue weighted by molar-refractivity contribution is -0.143. The van der Waals surface area contributed by atoms with Crippen molar-refractivity contribution in [1.29, 1.82) is 0 Å². The van der Waals surface area contributed by atoms with Gasteiger partial charge in [0.1, 0.15) is 23.9 Å². The highest BCUT2D eigenvalue weighted by molar-refractivity contribution is 5.94. The van der Waals surface area contributed by atoms with E-state index < -0.39 is 53.7 Å². The molecule has 1 amide bonds. The molecule has 0 unspecified atom stereocenters. The van der Waals surface area contributed by atoms with E-state index in [4.69, 9.17) is 10.2 Å². The fourth-order valence-corrected chi connectivity index (χ4v) is 3.38. The van der Waals surface area contributed by atoms with Crippen LogP contribution in [0.3, 0.4) is 0 Å². The molecule has 8 nitrogen and oxygen atoms in total. The standard InChI is InChI=1S/C23H15F7N6O2/c24-14-3-5-15(6-4-14)36(11-19-34-35-21(38-19)17-9-33-18(31)10-32-17)20(37)7-12-1-2-13(22(25,26)27)8-16(12)23(28,29)30/h1-6,8-10H,7,11H2,(H2,31,33). The van der Waals surface area contributed by atoms with Gasteiger partial charge in [0.05, 0.1) is 29.9 Å². The minimum Gasteiger partial charge on any atom is -0.417 e. The summed E-state index contributed by atoms with van der Waals surface area (Å²) in [5.74, 6) is -1.75. The molecule has 2 aromatic carbocycles. The molecule has 4 aromatic rings. The Kier molecular flexibility index (Phi) is 7.02. The van der Waals surface area contributed by atoms with Gasteiger partial charge in [-0.2, -0.15) is 26.3 Å². The molecule has 0 radical (unpaired) electrons. The van der Waals surface area contributed by atoms with Gasteiger partial charge in [-0.3, -0.25) is 4.79 Å². The first kappa shape index (κ1) is 26.5. The van der Waals surface area contributed by atoms with Crippen molar-refractivity contribution in [3.05, 3.63) is 83.3 Å². The second kappa shape index (κ2) is 10.1. The van der Waals surface area contributed by atoms with Gasteiger partial charge >= 0.3 is 12.4 Å². The molecular formula is C23H15F7N6O2.